The van der Waals surface area contributed by atoms with Gasteiger partial charge in [-0.1, -0.05) is 48.6 Å². The third-order valence-corrected chi connectivity index (χ3v) is 5.43. The van der Waals surface area contributed by atoms with Gasteiger partial charge in [-0.15, -0.1) is 0 Å². The number of aromatic amines is 1. The number of benzene rings is 3. The molecule has 6 heteroatoms. The molecule has 0 aliphatic rings. The highest BCUT2D eigenvalue weighted by Gasteiger charge is 2.12. The van der Waals surface area contributed by atoms with Gasteiger partial charge in [0.15, 0.2) is 17.3 Å². The predicted molar refractivity (Wildman–Crippen MR) is 137 cm³/mol. The number of aromatic nitrogens is 1. The zero-order valence-corrected chi connectivity index (χ0v) is 19.3. The minimum atomic E-state index is -0.0737. The van der Waals surface area contributed by atoms with Crippen molar-refractivity contribution in [1.29, 1.82) is 0 Å². The lowest BCUT2D eigenvalue weighted by Gasteiger charge is -2.13. The molecule has 0 saturated heterocycles. The summed E-state index contributed by atoms with van der Waals surface area (Å²) in [5, 5.41) is 4.13. The van der Waals surface area contributed by atoms with Crippen molar-refractivity contribution in [2.75, 3.05) is 26.6 Å². The van der Waals surface area contributed by atoms with Crippen LogP contribution in [0.3, 0.4) is 0 Å². The summed E-state index contributed by atoms with van der Waals surface area (Å²) < 4.78 is 16.3. The molecule has 4 aromatic rings. The van der Waals surface area contributed by atoms with Crippen LogP contribution in [0.4, 0.5) is 5.69 Å². The van der Waals surface area contributed by atoms with Crippen LogP contribution < -0.4 is 19.5 Å². The molecule has 1 heterocycles. The fourth-order valence-corrected chi connectivity index (χ4v) is 3.73. The number of allylic oxidation sites excluding steroid dienone is 1. The Morgan fingerprint density at radius 3 is 2.32 bits per heavy atom. The Labute approximate surface area is 198 Å². The molecule has 0 amide bonds. The summed E-state index contributed by atoms with van der Waals surface area (Å²) in [6.07, 6.45) is 8.89. The lowest BCUT2D eigenvalue weighted by molar-refractivity contribution is 0.104. The molecule has 0 atom stereocenters. The number of ketones is 1. The summed E-state index contributed by atoms with van der Waals surface area (Å²) in [5.41, 5.74) is 4.31. The van der Waals surface area contributed by atoms with Crippen molar-refractivity contribution >= 4 is 34.5 Å². The highest BCUT2D eigenvalue weighted by Crippen LogP contribution is 2.38. The first-order chi connectivity index (χ1) is 16.6. The molecule has 34 heavy (non-hydrogen) atoms. The second kappa shape index (κ2) is 10.4. The molecule has 2 N–H and O–H groups in total. The molecule has 6 nitrogen and oxygen atoms in total. The van der Waals surface area contributed by atoms with E-state index in [0.29, 0.717) is 22.8 Å². The number of carbonyl (C=O) groups is 1. The molecule has 0 fully saturated rings. The molecular formula is C28H26N2O4. The molecular weight excluding hydrogens is 428 g/mol. The molecule has 0 aliphatic heterocycles. The summed E-state index contributed by atoms with van der Waals surface area (Å²) in [7, 11) is 4.76. The van der Waals surface area contributed by atoms with Crippen molar-refractivity contribution in [3.8, 4) is 17.2 Å². The zero-order valence-electron chi connectivity index (χ0n) is 19.3. The van der Waals surface area contributed by atoms with Crippen molar-refractivity contribution in [2.24, 2.45) is 0 Å². The second-order valence-electron chi connectivity index (χ2n) is 7.47. The normalized spacial score (nSPS) is 11.3. The van der Waals surface area contributed by atoms with Gasteiger partial charge >= 0.3 is 0 Å². The maximum atomic E-state index is 12.7. The minimum absolute atomic E-state index is 0.0737. The van der Waals surface area contributed by atoms with Gasteiger partial charge in [0.2, 0.25) is 5.75 Å². The maximum absolute atomic E-state index is 12.7. The Kier molecular flexibility index (Phi) is 6.98. The predicted octanol–water partition coefficient (Wildman–Crippen LogP) is 6.17. The van der Waals surface area contributed by atoms with Gasteiger partial charge in [0.1, 0.15) is 0 Å². The van der Waals surface area contributed by atoms with Crippen LogP contribution in [-0.4, -0.2) is 32.1 Å². The topological polar surface area (TPSA) is 72.6 Å². The van der Waals surface area contributed by atoms with Crippen LogP contribution >= 0.6 is 0 Å². The quantitative estimate of drug-likeness (QED) is 0.180. The average molecular weight is 455 g/mol. The van der Waals surface area contributed by atoms with Crippen LogP contribution in [0, 0.1) is 0 Å². The first kappa shape index (κ1) is 22.7. The molecule has 0 saturated carbocycles. The van der Waals surface area contributed by atoms with E-state index in [1.807, 2.05) is 72.8 Å². The number of carbonyl (C=O) groups excluding carboxylic acids is 1. The molecule has 172 valence electrons. The van der Waals surface area contributed by atoms with Crippen LogP contribution in [0.15, 0.2) is 79.1 Å². The van der Waals surface area contributed by atoms with Gasteiger partial charge in [-0.05, 0) is 35.4 Å². The lowest BCUT2D eigenvalue weighted by Crippen LogP contribution is -1.96. The highest BCUT2D eigenvalue weighted by atomic mass is 16.5. The molecule has 4 rings (SSSR count). The molecule has 0 unspecified atom stereocenters. The van der Waals surface area contributed by atoms with Crippen LogP contribution in [0.25, 0.3) is 23.1 Å². The number of H-pyrrole nitrogens is 1. The van der Waals surface area contributed by atoms with Gasteiger partial charge in [-0.2, -0.15) is 0 Å². The number of hydrogen-bond donors (Lipinski definition) is 2. The maximum Gasteiger partial charge on any atom is 0.203 e. The van der Waals surface area contributed by atoms with E-state index in [9.17, 15) is 4.79 Å². The summed E-state index contributed by atoms with van der Waals surface area (Å²) >= 11 is 0. The Morgan fingerprint density at radius 1 is 0.882 bits per heavy atom. The fourth-order valence-electron chi connectivity index (χ4n) is 3.73. The average Bonchev–Trinajstić information content (AvgIpc) is 3.31. The molecule has 0 radical (unpaired) electrons. The van der Waals surface area contributed by atoms with E-state index in [-0.39, 0.29) is 5.78 Å². The van der Waals surface area contributed by atoms with Crippen LogP contribution in [0.1, 0.15) is 21.5 Å². The number of fused-ring (bicyclic) bond motifs is 1. The van der Waals surface area contributed by atoms with Crippen molar-refractivity contribution < 1.29 is 19.0 Å². The number of ether oxygens (including phenoxy) is 3. The van der Waals surface area contributed by atoms with Crippen molar-refractivity contribution in [1.82, 2.24) is 4.98 Å². The number of methoxy groups -OCH3 is 3. The Bertz CT molecular complexity index is 1340. The van der Waals surface area contributed by atoms with E-state index in [1.165, 1.54) is 6.08 Å². The fraction of sp³-hybridized carbons (Fsp3) is 0.107. The van der Waals surface area contributed by atoms with E-state index in [4.69, 9.17) is 14.2 Å². The SMILES string of the molecule is COc1cc(C=Cc2ccccc2N/C=C\C(=O)c2c[nH]c3ccccc23)cc(OC)c1OC. The molecule has 1 aromatic heterocycles. The van der Waals surface area contributed by atoms with Gasteiger partial charge in [0.05, 0.1) is 21.3 Å². The number of anilines is 1. The van der Waals surface area contributed by atoms with Gasteiger partial charge in [-0.3, -0.25) is 4.79 Å². The monoisotopic (exact) mass is 454 g/mol. The van der Waals surface area contributed by atoms with Crippen molar-refractivity contribution in [2.45, 2.75) is 0 Å². The van der Waals surface area contributed by atoms with Gasteiger partial charge in [-0.25, -0.2) is 0 Å². The van der Waals surface area contributed by atoms with Crippen LogP contribution in [0.2, 0.25) is 0 Å². The Balaban J connectivity index is 1.52. The molecule has 0 spiro atoms. The Hall–Kier alpha value is -4.45. The van der Waals surface area contributed by atoms with E-state index in [0.717, 1.165) is 27.7 Å². The summed E-state index contributed by atoms with van der Waals surface area (Å²) in [6.45, 7) is 0. The number of para-hydroxylation sites is 2. The Morgan fingerprint density at radius 2 is 1.59 bits per heavy atom. The van der Waals surface area contributed by atoms with E-state index < -0.39 is 0 Å². The summed E-state index contributed by atoms with van der Waals surface area (Å²) in [4.78, 5) is 15.8. The molecule has 3 aromatic carbocycles. The lowest BCUT2D eigenvalue weighted by atomic mass is 10.1. The largest absolute Gasteiger partial charge is 0.493 e. The number of rotatable bonds is 9. The van der Waals surface area contributed by atoms with Gasteiger partial charge in [0.25, 0.3) is 0 Å². The van der Waals surface area contributed by atoms with Crippen LogP contribution in [0.5, 0.6) is 17.2 Å². The zero-order chi connectivity index (χ0) is 23.9. The van der Waals surface area contributed by atoms with Gasteiger partial charge < -0.3 is 24.5 Å². The summed E-state index contributed by atoms with van der Waals surface area (Å²) in [6, 6.07) is 19.4. The number of hydrogen-bond acceptors (Lipinski definition) is 5. The minimum Gasteiger partial charge on any atom is -0.493 e. The summed E-state index contributed by atoms with van der Waals surface area (Å²) in [5.74, 6) is 1.66. The highest BCUT2D eigenvalue weighted by molar-refractivity contribution is 6.13. The number of nitrogens with one attached hydrogen (secondary N) is 2. The van der Waals surface area contributed by atoms with Crippen LogP contribution in [-0.2, 0) is 0 Å². The van der Waals surface area contributed by atoms with Crippen molar-refractivity contribution in [3.63, 3.8) is 0 Å². The van der Waals surface area contributed by atoms with Gasteiger partial charge in [0, 0.05) is 40.6 Å². The van der Waals surface area contributed by atoms with E-state index in [2.05, 4.69) is 10.3 Å². The van der Waals surface area contributed by atoms with Crippen molar-refractivity contribution in [3.05, 3.63) is 95.8 Å². The first-order valence-corrected chi connectivity index (χ1v) is 10.7. The second-order valence-corrected chi connectivity index (χ2v) is 7.47. The van der Waals surface area contributed by atoms with E-state index >= 15 is 0 Å². The standard InChI is InChI=1S/C28H26N2O4/c1-32-26-16-19(17-27(33-2)28(26)34-3)12-13-20-8-4-6-10-23(20)29-15-14-25(31)22-18-30-24-11-7-5-9-21(22)24/h4-18,29-30H,1-3H3/b13-12?,15-14-. The smallest absolute Gasteiger partial charge is 0.203 e. The molecule has 0 aliphatic carbocycles. The third-order valence-electron chi connectivity index (χ3n) is 5.43. The third kappa shape index (κ3) is 4.81. The van der Waals surface area contributed by atoms with E-state index in [1.54, 1.807) is 33.7 Å². The first-order valence-electron chi connectivity index (χ1n) is 10.7. The molecule has 0 bridgehead atoms.